The molecule has 4 aliphatic rings. The number of hydrogen-bond donors (Lipinski definition) is 2. The molecule has 2 N–H and O–H groups in total. The number of likely N-dealkylation sites (N-methyl/N-ethyl adjacent to an activating group) is 1. The molecule has 11 nitrogen and oxygen atoms in total. The minimum absolute atomic E-state index is 0.0508. The van der Waals surface area contributed by atoms with Crippen LogP contribution in [-0.2, 0) is 16.0 Å². The zero-order chi connectivity index (χ0) is 32.4. The summed E-state index contributed by atoms with van der Waals surface area (Å²) in [5, 5.41) is 6.60. The summed E-state index contributed by atoms with van der Waals surface area (Å²) in [5.74, 6) is 2.84. The van der Waals surface area contributed by atoms with Crippen LogP contribution in [0.3, 0.4) is 0 Å². The van der Waals surface area contributed by atoms with Crippen LogP contribution in [0.5, 0.6) is 5.75 Å². The van der Waals surface area contributed by atoms with Crippen LogP contribution in [-0.4, -0.2) is 103 Å². The Kier molecular flexibility index (Phi) is 9.98. The van der Waals surface area contributed by atoms with E-state index >= 15 is 0 Å². The number of aromatic nitrogens is 2. The molecule has 6 rings (SSSR count). The number of ether oxygens (including phenoxy) is 1. The molecule has 1 unspecified atom stereocenters. The molecular formula is C35H52N8O3. The van der Waals surface area contributed by atoms with Crippen LogP contribution >= 0.6 is 0 Å². The predicted octanol–water partition coefficient (Wildman–Crippen LogP) is 4.20. The number of nitrogens with zero attached hydrogens (tertiary/aromatic N) is 6. The molecule has 2 aliphatic carbocycles. The van der Waals surface area contributed by atoms with E-state index in [4.69, 9.17) is 9.72 Å². The fraction of sp³-hybridized carbons (Fsp3) is 0.657. The molecule has 11 heteroatoms. The maximum Gasteiger partial charge on any atom is 0.249 e. The number of hydrogen-bond acceptors (Lipinski definition) is 9. The molecule has 1 saturated heterocycles. The summed E-state index contributed by atoms with van der Waals surface area (Å²) in [5.41, 5.74) is 2.29. The van der Waals surface area contributed by atoms with Gasteiger partial charge in [0.05, 0.1) is 25.4 Å². The first kappa shape index (κ1) is 32.5. The van der Waals surface area contributed by atoms with E-state index in [0.717, 1.165) is 43.0 Å². The van der Waals surface area contributed by atoms with E-state index in [-0.39, 0.29) is 29.9 Å². The summed E-state index contributed by atoms with van der Waals surface area (Å²) < 4.78 is 5.70. The fourth-order valence-corrected chi connectivity index (χ4v) is 7.53. The number of amides is 2. The van der Waals surface area contributed by atoms with Crippen molar-refractivity contribution in [3.8, 4) is 5.75 Å². The van der Waals surface area contributed by atoms with Crippen LogP contribution in [0.4, 0.5) is 23.1 Å². The van der Waals surface area contributed by atoms with Gasteiger partial charge in [-0.15, -0.1) is 0 Å². The molecule has 2 aromatic rings. The molecular weight excluding hydrogens is 580 g/mol. The van der Waals surface area contributed by atoms with Gasteiger partial charge in [0.1, 0.15) is 17.5 Å². The van der Waals surface area contributed by atoms with Crippen LogP contribution in [0.25, 0.3) is 0 Å². The highest BCUT2D eigenvalue weighted by Gasteiger charge is 2.38. The second-order valence-corrected chi connectivity index (χ2v) is 13.9. The Morgan fingerprint density at radius 3 is 2.46 bits per heavy atom. The number of methoxy groups -OCH3 is 1. The van der Waals surface area contributed by atoms with Gasteiger partial charge in [0.15, 0.2) is 5.82 Å². The van der Waals surface area contributed by atoms with Crippen LogP contribution in [0.15, 0.2) is 24.4 Å². The van der Waals surface area contributed by atoms with E-state index in [2.05, 4.69) is 44.2 Å². The first-order valence-electron chi connectivity index (χ1n) is 17.4. The number of fused-ring (bicyclic) bond motifs is 1. The van der Waals surface area contributed by atoms with E-state index in [1.54, 1.807) is 25.3 Å². The van der Waals surface area contributed by atoms with Crippen molar-refractivity contribution in [1.29, 1.82) is 0 Å². The Bertz CT molecular complexity index is 1380. The molecule has 3 fully saturated rings. The molecule has 46 heavy (non-hydrogen) atoms. The van der Waals surface area contributed by atoms with Gasteiger partial charge in [-0.3, -0.25) is 14.5 Å². The molecule has 2 amide bonds. The Labute approximate surface area is 274 Å². The highest BCUT2D eigenvalue weighted by Crippen LogP contribution is 2.37. The normalized spacial score (nSPS) is 24.2. The molecule has 250 valence electrons. The molecule has 1 aromatic carbocycles. The van der Waals surface area contributed by atoms with Crippen molar-refractivity contribution >= 4 is 35.0 Å². The van der Waals surface area contributed by atoms with E-state index in [0.29, 0.717) is 42.0 Å². The maximum absolute atomic E-state index is 13.1. The number of carbonyl (C=O) groups is 2. The Morgan fingerprint density at radius 1 is 1.07 bits per heavy atom. The average molecular weight is 633 g/mol. The molecule has 0 spiro atoms. The molecule has 3 heterocycles. The average Bonchev–Trinajstić information content (AvgIpc) is 3.88. The van der Waals surface area contributed by atoms with Gasteiger partial charge in [-0.2, -0.15) is 4.98 Å². The fourth-order valence-electron chi connectivity index (χ4n) is 7.53. The maximum atomic E-state index is 13.1. The monoisotopic (exact) mass is 632 g/mol. The zero-order valence-electron chi connectivity index (χ0n) is 28.3. The van der Waals surface area contributed by atoms with Crippen molar-refractivity contribution in [3.63, 3.8) is 0 Å². The van der Waals surface area contributed by atoms with Crippen molar-refractivity contribution in [3.05, 3.63) is 30.0 Å². The van der Waals surface area contributed by atoms with E-state index in [1.165, 1.54) is 45.6 Å². The Balaban J connectivity index is 1.02. The van der Waals surface area contributed by atoms with Gasteiger partial charge in [-0.25, -0.2) is 4.98 Å². The molecule has 2 saturated carbocycles. The summed E-state index contributed by atoms with van der Waals surface area (Å²) in [6, 6.07) is 6.48. The number of carbonyl (C=O) groups excluding carboxylic acids is 2. The van der Waals surface area contributed by atoms with E-state index < -0.39 is 0 Å². The van der Waals surface area contributed by atoms with Crippen molar-refractivity contribution < 1.29 is 14.3 Å². The van der Waals surface area contributed by atoms with Gasteiger partial charge in [0.2, 0.25) is 17.8 Å². The lowest BCUT2D eigenvalue weighted by molar-refractivity contribution is -0.121. The minimum Gasteiger partial charge on any atom is -0.495 e. The largest absolute Gasteiger partial charge is 0.495 e. The number of anilines is 4. The summed E-state index contributed by atoms with van der Waals surface area (Å²) in [6.07, 6.45) is 9.95. The first-order valence-corrected chi connectivity index (χ1v) is 17.4. The van der Waals surface area contributed by atoms with Crippen LogP contribution in [0, 0.1) is 5.92 Å². The second-order valence-electron chi connectivity index (χ2n) is 13.9. The van der Waals surface area contributed by atoms with Gasteiger partial charge >= 0.3 is 0 Å². The lowest BCUT2D eigenvalue weighted by atomic mass is 9.89. The smallest absolute Gasteiger partial charge is 0.249 e. The second kappa shape index (κ2) is 14.1. The summed E-state index contributed by atoms with van der Waals surface area (Å²) in [6.45, 7) is 12.3. The van der Waals surface area contributed by atoms with Crippen molar-refractivity contribution in [1.82, 2.24) is 25.1 Å². The number of benzene rings is 1. The van der Waals surface area contributed by atoms with Crippen molar-refractivity contribution in [2.24, 2.45) is 5.92 Å². The van der Waals surface area contributed by atoms with Crippen LogP contribution in [0.1, 0.15) is 71.3 Å². The van der Waals surface area contributed by atoms with Gasteiger partial charge in [-0.1, -0.05) is 13.0 Å². The third-order valence-corrected chi connectivity index (χ3v) is 10.3. The van der Waals surface area contributed by atoms with Gasteiger partial charge < -0.3 is 30.1 Å². The first-order chi connectivity index (χ1) is 22.2. The molecule has 2 aliphatic heterocycles. The van der Waals surface area contributed by atoms with Crippen molar-refractivity contribution in [2.75, 3.05) is 62.0 Å². The van der Waals surface area contributed by atoms with Gasteiger partial charge in [0.25, 0.3) is 0 Å². The summed E-state index contributed by atoms with van der Waals surface area (Å²) in [4.78, 5) is 44.5. The highest BCUT2D eigenvalue weighted by molar-refractivity contribution is 6.04. The quantitative estimate of drug-likeness (QED) is 0.377. The molecule has 1 aromatic heterocycles. The van der Waals surface area contributed by atoms with Crippen LogP contribution in [0.2, 0.25) is 0 Å². The lowest BCUT2D eigenvalue weighted by Crippen LogP contribution is -2.54. The van der Waals surface area contributed by atoms with E-state index in [9.17, 15) is 9.59 Å². The number of nitrogens with one attached hydrogen (secondary N) is 2. The summed E-state index contributed by atoms with van der Waals surface area (Å²) in [7, 11) is 3.40. The Hall–Kier alpha value is -3.44. The molecule has 0 bridgehead atoms. The topological polar surface area (TPSA) is 106 Å². The molecule has 0 radical (unpaired) electrons. The number of rotatable bonds is 11. The van der Waals surface area contributed by atoms with Crippen molar-refractivity contribution in [2.45, 2.75) is 96.3 Å². The van der Waals surface area contributed by atoms with Crippen LogP contribution < -0.4 is 25.2 Å². The van der Waals surface area contributed by atoms with E-state index in [1.807, 2.05) is 25.1 Å². The molecule has 1 atom stereocenters. The standard InChI is InChI=1S/C35H52N8O3/c1-6-29-34(45)40(4)30-21-36-35(39-33(30)43(29)23(2)3)38-28-14-9-25(19-31(28)46-5)20-32(44)37-26-10-12-27(13-11-26)42-17-15-41(16-18-42)22-24-7-8-24/h9,14,19,21,23-24,26-27,29H,6-8,10-13,15-18,20,22H2,1-5H3,(H,37,44)(H,36,38,39)/t26-,27-,29?. The lowest BCUT2D eigenvalue weighted by Gasteiger charge is -2.42. The predicted molar refractivity (Wildman–Crippen MR) is 182 cm³/mol. The minimum atomic E-state index is -0.271. The van der Waals surface area contributed by atoms with Gasteiger partial charge in [-0.05, 0) is 82.4 Å². The zero-order valence-corrected chi connectivity index (χ0v) is 28.3. The SMILES string of the molecule is CCC1C(=O)N(C)c2cnc(Nc3ccc(CC(=O)N[C@H]4CC[C@H](N5CCN(CC6CC6)CC5)CC4)cc3OC)nc2N1C(C)C. The third-order valence-electron chi connectivity index (χ3n) is 10.3. The van der Waals surface area contributed by atoms with Gasteiger partial charge in [0, 0.05) is 57.9 Å². The summed E-state index contributed by atoms with van der Waals surface area (Å²) >= 11 is 0. The number of piperazine rings is 1. The third kappa shape index (κ3) is 7.25. The Morgan fingerprint density at radius 2 is 1.80 bits per heavy atom. The highest BCUT2D eigenvalue weighted by atomic mass is 16.5.